The Morgan fingerprint density at radius 2 is 1.97 bits per heavy atom. The second-order valence-corrected chi connectivity index (χ2v) is 9.17. The molecule has 3 aromatic rings. The van der Waals surface area contributed by atoms with Crippen molar-refractivity contribution in [3.63, 3.8) is 0 Å². The number of nitrogens with zero attached hydrogens (tertiary/aromatic N) is 3. The van der Waals surface area contributed by atoms with E-state index in [1.54, 1.807) is 6.07 Å². The van der Waals surface area contributed by atoms with E-state index in [2.05, 4.69) is 73.7 Å². The maximum atomic E-state index is 13.3. The zero-order valence-electron chi connectivity index (χ0n) is 17.1. The van der Waals surface area contributed by atoms with Gasteiger partial charge in [0.25, 0.3) is 5.91 Å². The summed E-state index contributed by atoms with van der Waals surface area (Å²) in [6.45, 7) is 0. The normalized spacial score (nSPS) is 11.6. The molecular formula is C19H15Br3N6O6. The third-order valence-electron chi connectivity index (χ3n) is 4.33. The SMILES string of the molecule is COC(=O)NNC(O)c1cc(Br)cc(Br)c1NC(=O)c1cc(Br)cn1-c1ncccc1[N+](=O)[O-]. The summed E-state index contributed by atoms with van der Waals surface area (Å²) < 4.78 is 7.18. The largest absolute Gasteiger partial charge is 0.452 e. The number of pyridine rings is 1. The number of benzene rings is 1. The first-order chi connectivity index (χ1) is 16.1. The number of halogens is 3. The van der Waals surface area contributed by atoms with Crippen LogP contribution in [0.3, 0.4) is 0 Å². The molecule has 0 aliphatic carbocycles. The van der Waals surface area contributed by atoms with Crippen LogP contribution in [0, 0.1) is 10.1 Å². The molecule has 178 valence electrons. The average molecular weight is 663 g/mol. The number of nitrogens with one attached hydrogen (secondary N) is 3. The number of carbonyl (C=O) groups is 2. The highest BCUT2D eigenvalue weighted by Gasteiger charge is 2.24. The quantitative estimate of drug-likeness (QED) is 0.167. The molecular weight excluding hydrogens is 648 g/mol. The van der Waals surface area contributed by atoms with Gasteiger partial charge in [-0.25, -0.2) is 9.78 Å². The second-order valence-electron chi connectivity index (χ2n) is 6.49. The first-order valence-corrected chi connectivity index (χ1v) is 11.6. The number of hydrogen-bond acceptors (Lipinski definition) is 8. The van der Waals surface area contributed by atoms with Gasteiger partial charge in [0.2, 0.25) is 5.82 Å². The maximum Gasteiger partial charge on any atom is 0.421 e. The highest BCUT2D eigenvalue weighted by molar-refractivity contribution is 9.11. The lowest BCUT2D eigenvalue weighted by Gasteiger charge is -2.19. The zero-order valence-corrected chi connectivity index (χ0v) is 21.8. The molecule has 0 spiro atoms. The first kappa shape index (κ1) is 25.8. The Bertz CT molecular complexity index is 1270. The number of anilines is 1. The number of carbonyl (C=O) groups excluding carboxylic acids is 2. The van der Waals surface area contributed by atoms with E-state index < -0.39 is 23.2 Å². The summed E-state index contributed by atoms with van der Waals surface area (Å²) in [6, 6.07) is 7.32. The fraction of sp³-hybridized carbons (Fsp3) is 0.105. The summed E-state index contributed by atoms with van der Waals surface area (Å²) in [5, 5.41) is 24.7. The number of nitro groups is 1. The number of aromatic nitrogens is 2. The molecule has 4 N–H and O–H groups in total. The van der Waals surface area contributed by atoms with Gasteiger partial charge in [0.15, 0.2) is 0 Å². The van der Waals surface area contributed by atoms with Gasteiger partial charge in [-0.15, -0.1) is 0 Å². The smallest absolute Gasteiger partial charge is 0.421 e. The maximum absolute atomic E-state index is 13.3. The molecule has 3 rings (SSSR count). The lowest BCUT2D eigenvalue weighted by Crippen LogP contribution is -2.40. The summed E-state index contributed by atoms with van der Waals surface area (Å²) >= 11 is 9.94. The standard InChI is InChI=1S/C19H15Br3N6O6/c1-34-19(31)26-25-17(29)11-5-9(20)6-12(22)15(11)24-18(30)14-7-10(21)8-27(14)16-13(28(32)33)3-2-4-23-16/h2-8,17,25,29H,1H3,(H,24,30)(H,26,31). The van der Waals surface area contributed by atoms with Gasteiger partial charge < -0.3 is 15.2 Å². The Hall–Kier alpha value is -2.85. The number of aliphatic hydroxyl groups excluding tert-OH is 1. The van der Waals surface area contributed by atoms with Crippen molar-refractivity contribution in [3.05, 3.63) is 77.5 Å². The predicted molar refractivity (Wildman–Crippen MR) is 131 cm³/mol. The van der Waals surface area contributed by atoms with Crippen LogP contribution in [0.25, 0.3) is 5.82 Å². The van der Waals surface area contributed by atoms with Gasteiger partial charge in [0.1, 0.15) is 11.9 Å². The summed E-state index contributed by atoms with van der Waals surface area (Å²) in [5.41, 5.74) is 4.61. The molecule has 1 unspecified atom stereocenters. The molecule has 0 aliphatic rings. The topological polar surface area (TPSA) is 161 Å². The molecule has 2 heterocycles. The number of ether oxygens (including phenoxy) is 1. The Balaban J connectivity index is 1.99. The third kappa shape index (κ3) is 5.79. The van der Waals surface area contributed by atoms with E-state index in [-0.39, 0.29) is 28.5 Å². The van der Waals surface area contributed by atoms with E-state index >= 15 is 0 Å². The highest BCUT2D eigenvalue weighted by atomic mass is 79.9. The first-order valence-electron chi connectivity index (χ1n) is 9.18. The molecule has 0 saturated heterocycles. The fourth-order valence-corrected chi connectivity index (χ4v) is 4.65. The summed E-state index contributed by atoms with van der Waals surface area (Å²) in [4.78, 5) is 39.5. The molecule has 15 heteroatoms. The molecule has 0 bridgehead atoms. The molecule has 0 aliphatic heterocycles. The van der Waals surface area contributed by atoms with E-state index in [4.69, 9.17) is 0 Å². The summed E-state index contributed by atoms with van der Waals surface area (Å²) in [6.07, 6.45) is 0.563. The molecule has 2 amide bonds. The molecule has 2 aromatic heterocycles. The van der Waals surface area contributed by atoms with Crippen LogP contribution in [0.1, 0.15) is 22.3 Å². The van der Waals surface area contributed by atoms with Crippen molar-refractivity contribution < 1.29 is 24.4 Å². The summed E-state index contributed by atoms with van der Waals surface area (Å²) in [5.74, 6) is -0.703. The predicted octanol–water partition coefficient (Wildman–Crippen LogP) is 4.17. The van der Waals surface area contributed by atoms with Gasteiger partial charge in [-0.1, -0.05) is 15.9 Å². The fourth-order valence-electron chi connectivity index (χ4n) is 2.87. The van der Waals surface area contributed by atoms with Crippen molar-refractivity contribution in [2.75, 3.05) is 12.4 Å². The van der Waals surface area contributed by atoms with Crippen molar-refractivity contribution >= 4 is 71.2 Å². The van der Waals surface area contributed by atoms with Crippen molar-refractivity contribution in [1.82, 2.24) is 20.4 Å². The van der Waals surface area contributed by atoms with Gasteiger partial charge in [-0.05, 0) is 56.1 Å². The van der Waals surface area contributed by atoms with E-state index in [1.165, 1.54) is 41.2 Å². The molecule has 0 fully saturated rings. The van der Waals surface area contributed by atoms with Crippen molar-refractivity contribution in [1.29, 1.82) is 0 Å². The van der Waals surface area contributed by atoms with Crippen LogP contribution in [-0.2, 0) is 4.74 Å². The minimum atomic E-state index is -1.45. The van der Waals surface area contributed by atoms with E-state index in [9.17, 15) is 24.8 Å². The molecule has 12 nitrogen and oxygen atoms in total. The Labute approximate surface area is 217 Å². The van der Waals surface area contributed by atoms with Crippen LogP contribution < -0.4 is 16.2 Å². The van der Waals surface area contributed by atoms with E-state index in [1.807, 2.05) is 0 Å². The van der Waals surface area contributed by atoms with Crippen LogP contribution >= 0.6 is 47.8 Å². The van der Waals surface area contributed by atoms with Crippen LogP contribution in [0.2, 0.25) is 0 Å². The summed E-state index contributed by atoms with van der Waals surface area (Å²) in [7, 11) is 1.16. The van der Waals surface area contributed by atoms with Crippen molar-refractivity contribution in [3.8, 4) is 5.82 Å². The molecule has 34 heavy (non-hydrogen) atoms. The molecule has 0 saturated carbocycles. The van der Waals surface area contributed by atoms with Gasteiger partial charge >= 0.3 is 11.8 Å². The van der Waals surface area contributed by atoms with Crippen LogP contribution in [-0.4, -0.2) is 38.7 Å². The Morgan fingerprint density at radius 3 is 2.65 bits per heavy atom. The minimum absolute atomic E-state index is 0.0320. The zero-order chi connectivity index (χ0) is 25.0. The van der Waals surface area contributed by atoms with E-state index in [0.717, 1.165) is 7.11 Å². The van der Waals surface area contributed by atoms with Gasteiger partial charge in [-0.3, -0.25) is 24.9 Å². The van der Waals surface area contributed by atoms with Crippen molar-refractivity contribution in [2.24, 2.45) is 0 Å². The minimum Gasteiger partial charge on any atom is -0.452 e. The lowest BCUT2D eigenvalue weighted by atomic mass is 10.1. The Kier molecular flexibility index (Phi) is 8.37. The Morgan fingerprint density at radius 1 is 1.24 bits per heavy atom. The monoisotopic (exact) mass is 660 g/mol. The van der Waals surface area contributed by atoms with E-state index in [0.29, 0.717) is 13.4 Å². The van der Waals surface area contributed by atoms with Crippen LogP contribution in [0.15, 0.2) is 56.1 Å². The number of hydrogen-bond donors (Lipinski definition) is 4. The molecule has 1 atom stereocenters. The second kappa shape index (κ2) is 11.1. The number of amides is 2. The number of aliphatic hydroxyl groups is 1. The van der Waals surface area contributed by atoms with Crippen LogP contribution in [0.4, 0.5) is 16.2 Å². The molecule has 0 radical (unpaired) electrons. The number of methoxy groups -OCH3 is 1. The number of hydrazine groups is 1. The number of rotatable bonds is 7. The van der Waals surface area contributed by atoms with Crippen LogP contribution in [0.5, 0.6) is 0 Å². The highest BCUT2D eigenvalue weighted by Crippen LogP contribution is 2.34. The molecule has 1 aromatic carbocycles. The third-order valence-corrected chi connectivity index (χ3v) is 5.84. The average Bonchev–Trinajstić information content (AvgIpc) is 3.20. The lowest BCUT2D eigenvalue weighted by molar-refractivity contribution is -0.384. The van der Waals surface area contributed by atoms with Crippen molar-refractivity contribution in [2.45, 2.75) is 6.23 Å². The van der Waals surface area contributed by atoms with Gasteiger partial charge in [0.05, 0.1) is 17.7 Å². The van der Waals surface area contributed by atoms with Gasteiger partial charge in [0, 0.05) is 37.4 Å². The van der Waals surface area contributed by atoms with Gasteiger partial charge in [-0.2, -0.15) is 5.43 Å².